The molecule has 11 heavy (non-hydrogen) atoms. The molecule has 0 bridgehead atoms. The van der Waals surface area contributed by atoms with Gasteiger partial charge in [-0.05, 0) is 24.3 Å². The molecule has 0 radical (unpaired) electrons. The molecule has 0 spiro atoms. The molecule has 1 heterocycles. The van der Waals surface area contributed by atoms with Crippen molar-refractivity contribution in [1.29, 1.82) is 0 Å². The molecule has 1 nitrogen and oxygen atoms in total. The van der Waals surface area contributed by atoms with Crippen LogP contribution in [-0.2, 0) is 0 Å². The first-order chi connectivity index (χ1) is 5.36. The normalized spacial score (nSPS) is 13.9. The van der Waals surface area contributed by atoms with Gasteiger partial charge in [-0.25, -0.2) is 0 Å². The van der Waals surface area contributed by atoms with E-state index in [1.165, 1.54) is 0 Å². The van der Waals surface area contributed by atoms with Crippen LogP contribution in [0.15, 0.2) is 28.7 Å². The number of benzene rings is 1. The zero-order chi connectivity index (χ0) is 7.68. The molecule has 1 aliphatic heterocycles. The van der Waals surface area contributed by atoms with Gasteiger partial charge in [0.15, 0.2) is 0 Å². The van der Waals surface area contributed by atoms with Crippen molar-refractivity contribution in [1.82, 2.24) is 0 Å². The summed E-state index contributed by atoms with van der Waals surface area (Å²) >= 11 is 3.40. The first kappa shape index (κ1) is 6.92. The van der Waals surface area contributed by atoms with Gasteiger partial charge in [0.05, 0.1) is 0 Å². The number of hydrogen-bond donors (Lipinski definition) is 0. The van der Waals surface area contributed by atoms with E-state index in [0.717, 1.165) is 15.8 Å². The van der Waals surface area contributed by atoms with Crippen molar-refractivity contribution < 1.29 is 4.74 Å². The Morgan fingerprint density at radius 2 is 2.27 bits per heavy atom. The predicted molar refractivity (Wildman–Crippen MR) is 48.7 cm³/mol. The van der Waals surface area contributed by atoms with Gasteiger partial charge in [0, 0.05) is 10.0 Å². The van der Waals surface area contributed by atoms with E-state index in [1.54, 1.807) is 0 Å². The average Bonchev–Trinajstić information content (AvgIpc) is 2.04. The second-order valence-electron chi connectivity index (χ2n) is 2.40. The number of ether oxygens (including phenoxy) is 1. The Balaban J connectivity index is 2.54. The summed E-state index contributed by atoms with van der Waals surface area (Å²) in [5.74, 6) is 0.968. The van der Waals surface area contributed by atoms with Crippen LogP contribution in [-0.4, -0.2) is 6.61 Å². The molecule has 0 saturated carbocycles. The van der Waals surface area contributed by atoms with Crippen LogP contribution in [0.25, 0.3) is 6.08 Å². The van der Waals surface area contributed by atoms with Gasteiger partial charge < -0.3 is 4.74 Å². The lowest BCUT2D eigenvalue weighted by atomic mass is 10.1. The maximum atomic E-state index is 5.37. The second kappa shape index (κ2) is 2.70. The standard InChI is InChI=1S/C9H7BrO/c10-8-3-4-9-7(6-8)2-1-5-11-9/h1-4,6H,5H2. The van der Waals surface area contributed by atoms with Crippen molar-refractivity contribution in [2.75, 3.05) is 6.61 Å². The lowest BCUT2D eigenvalue weighted by molar-refractivity contribution is 0.358. The molecule has 0 aromatic heterocycles. The SMILES string of the molecule is Brc1ccc2c(c1)C=CCO2. The largest absolute Gasteiger partial charge is 0.489 e. The fourth-order valence-electron chi connectivity index (χ4n) is 1.09. The zero-order valence-electron chi connectivity index (χ0n) is 5.88. The summed E-state index contributed by atoms with van der Waals surface area (Å²) in [5, 5.41) is 0. The minimum Gasteiger partial charge on any atom is -0.489 e. The van der Waals surface area contributed by atoms with Gasteiger partial charge in [-0.15, -0.1) is 0 Å². The van der Waals surface area contributed by atoms with Gasteiger partial charge in [-0.3, -0.25) is 0 Å². The van der Waals surface area contributed by atoms with Crippen LogP contribution in [0.3, 0.4) is 0 Å². The highest BCUT2D eigenvalue weighted by Crippen LogP contribution is 2.26. The molecule has 0 saturated heterocycles. The van der Waals surface area contributed by atoms with Crippen LogP contribution in [0.5, 0.6) is 5.75 Å². The fraction of sp³-hybridized carbons (Fsp3) is 0.111. The molecule has 0 amide bonds. The molecular formula is C9H7BrO. The van der Waals surface area contributed by atoms with E-state index in [0.29, 0.717) is 6.61 Å². The summed E-state index contributed by atoms with van der Waals surface area (Å²) in [6, 6.07) is 6.01. The van der Waals surface area contributed by atoms with Crippen LogP contribution >= 0.6 is 15.9 Å². The lowest BCUT2D eigenvalue weighted by Gasteiger charge is -2.11. The smallest absolute Gasteiger partial charge is 0.127 e. The fourth-order valence-corrected chi connectivity index (χ4v) is 1.47. The highest BCUT2D eigenvalue weighted by atomic mass is 79.9. The first-order valence-corrected chi connectivity index (χ1v) is 4.24. The third-order valence-corrected chi connectivity index (χ3v) is 2.10. The van der Waals surface area contributed by atoms with Crippen molar-refractivity contribution in [2.45, 2.75) is 0 Å². The van der Waals surface area contributed by atoms with Gasteiger partial charge in [-0.1, -0.05) is 22.0 Å². The Labute approximate surface area is 73.8 Å². The van der Waals surface area contributed by atoms with E-state index in [2.05, 4.69) is 22.0 Å². The summed E-state index contributed by atoms with van der Waals surface area (Å²) in [4.78, 5) is 0. The van der Waals surface area contributed by atoms with E-state index in [4.69, 9.17) is 4.74 Å². The van der Waals surface area contributed by atoms with Crippen molar-refractivity contribution in [3.05, 3.63) is 34.3 Å². The van der Waals surface area contributed by atoms with E-state index >= 15 is 0 Å². The van der Waals surface area contributed by atoms with E-state index in [-0.39, 0.29) is 0 Å². The summed E-state index contributed by atoms with van der Waals surface area (Å²) in [7, 11) is 0. The van der Waals surface area contributed by atoms with Gasteiger partial charge in [0.2, 0.25) is 0 Å². The van der Waals surface area contributed by atoms with Crippen LogP contribution in [0.4, 0.5) is 0 Å². The minimum absolute atomic E-state index is 0.689. The van der Waals surface area contributed by atoms with E-state index < -0.39 is 0 Å². The summed E-state index contributed by atoms with van der Waals surface area (Å²) in [5.41, 5.74) is 1.14. The van der Waals surface area contributed by atoms with Crippen LogP contribution in [0.2, 0.25) is 0 Å². The third kappa shape index (κ3) is 1.31. The number of rotatable bonds is 0. The van der Waals surface area contributed by atoms with Crippen LogP contribution in [0.1, 0.15) is 5.56 Å². The number of fused-ring (bicyclic) bond motifs is 1. The van der Waals surface area contributed by atoms with Gasteiger partial charge in [-0.2, -0.15) is 0 Å². The quantitative estimate of drug-likeness (QED) is 0.641. The number of halogens is 1. The van der Waals surface area contributed by atoms with Crippen molar-refractivity contribution in [3.8, 4) is 5.75 Å². The van der Waals surface area contributed by atoms with E-state index in [9.17, 15) is 0 Å². The molecule has 1 aliphatic rings. The highest BCUT2D eigenvalue weighted by molar-refractivity contribution is 9.10. The maximum Gasteiger partial charge on any atom is 0.127 e. The molecule has 56 valence electrons. The highest BCUT2D eigenvalue weighted by Gasteiger charge is 2.03. The molecule has 1 aromatic rings. The Morgan fingerprint density at radius 3 is 3.18 bits per heavy atom. The van der Waals surface area contributed by atoms with Crippen LogP contribution < -0.4 is 4.74 Å². The predicted octanol–water partition coefficient (Wildman–Crippen LogP) is 2.85. The first-order valence-electron chi connectivity index (χ1n) is 3.45. The van der Waals surface area contributed by atoms with Gasteiger partial charge >= 0.3 is 0 Å². The third-order valence-electron chi connectivity index (χ3n) is 1.60. The number of hydrogen-bond acceptors (Lipinski definition) is 1. The van der Waals surface area contributed by atoms with Crippen molar-refractivity contribution in [3.63, 3.8) is 0 Å². The Bertz CT molecular complexity index is 304. The van der Waals surface area contributed by atoms with Crippen LogP contribution in [0, 0.1) is 0 Å². The average molecular weight is 211 g/mol. The topological polar surface area (TPSA) is 9.23 Å². The summed E-state index contributed by atoms with van der Waals surface area (Å²) < 4.78 is 6.46. The Kier molecular flexibility index (Phi) is 1.70. The molecule has 0 atom stereocenters. The molecule has 2 heteroatoms. The zero-order valence-corrected chi connectivity index (χ0v) is 7.47. The molecule has 0 N–H and O–H groups in total. The molecule has 0 aliphatic carbocycles. The minimum atomic E-state index is 0.689. The summed E-state index contributed by atoms with van der Waals surface area (Å²) in [6.45, 7) is 0.689. The van der Waals surface area contributed by atoms with E-state index in [1.807, 2.05) is 24.3 Å². The Morgan fingerprint density at radius 1 is 1.36 bits per heavy atom. The van der Waals surface area contributed by atoms with Gasteiger partial charge in [0.25, 0.3) is 0 Å². The maximum absolute atomic E-state index is 5.37. The molecule has 0 fully saturated rings. The lowest BCUT2D eigenvalue weighted by Crippen LogP contribution is -1.99. The molecule has 1 aromatic carbocycles. The van der Waals surface area contributed by atoms with Gasteiger partial charge in [0.1, 0.15) is 12.4 Å². The van der Waals surface area contributed by atoms with Crippen molar-refractivity contribution in [2.24, 2.45) is 0 Å². The van der Waals surface area contributed by atoms with Crippen molar-refractivity contribution >= 4 is 22.0 Å². The molecule has 2 rings (SSSR count). The molecular weight excluding hydrogens is 204 g/mol. The monoisotopic (exact) mass is 210 g/mol. The Hall–Kier alpha value is -0.760. The summed E-state index contributed by atoms with van der Waals surface area (Å²) in [6.07, 6.45) is 4.08. The second-order valence-corrected chi connectivity index (χ2v) is 3.31. The molecule has 0 unspecified atom stereocenters.